The monoisotopic (exact) mass is 252 g/mol. The minimum Gasteiger partial charge on any atom is -0.384 e. The molecular formula is C17H20N2. The molecule has 0 bridgehead atoms. The number of nitrogens with two attached hydrogens (primary N) is 1. The molecule has 2 aromatic rings. The second-order valence-corrected chi connectivity index (χ2v) is 4.65. The van der Waals surface area contributed by atoms with E-state index in [1.165, 1.54) is 16.7 Å². The normalized spacial score (nSPS) is 10.2. The van der Waals surface area contributed by atoms with Gasteiger partial charge in [0.25, 0.3) is 0 Å². The van der Waals surface area contributed by atoms with E-state index < -0.39 is 0 Å². The number of hydrogen-bond donors (Lipinski definition) is 2. The maximum absolute atomic E-state index is 5.47. The number of rotatable bonds is 5. The molecule has 0 aliphatic heterocycles. The van der Waals surface area contributed by atoms with E-state index in [0.29, 0.717) is 6.54 Å². The molecule has 2 rings (SSSR count). The van der Waals surface area contributed by atoms with Gasteiger partial charge in [0.15, 0.2) is 0 Å². The summed E-state index contributed by atoms with van der Waals surface area (Å²) in [6.45, 7) is 7.41. The molecule has 0 aliphatic carbocycles. The van der Waals surface area contributed by atoms with Crippen LogP contribution in [0.2, 0.25) is 0 Å². The highest BCUT2D eigenvalue weighted by Crippen LogP contribution is 2.23. The molecule has 0 unspecified atom stereocenters. The number of nitrogens with one attached hydrogen (secondary N) is 1. The molecule has 2 nitrogen and oxygen atoms in total. The first-order chi connectivity index (χ1) is 9.20. The number of anilines is 1. The SMILES string of the molecule is C=C(C)c1ccc(-c2ccc(NCCN)cc2)cc1. The van der Waals surface area contributed by atoms with Gasteiger partial charge in [-0.15, -0.1) is 0 Å². The highest BCUT2D eigenvalue weighted by Gasteiger charge is 1.99. The summed E-state index contributed by atoms with van der Waals surface area (Å²) >= 11 is 0. The van der Waals surface area contributed by atoms with Gasteiger partial charge in [0, 0.05) is 18.8 Å². The molecule has 0 spiro atoms. The lowest BCUT2D eigenvalue weighted by atomic mass is 10.0. The zero-order chi connectivity index (χ0) is 13.7. The Balaban J connectivity index is 2.15. The van der Waals surface area contributed by atoms with Gasteiger partial charge in [-0.2, -0.15) is 0 Å². The first-order valence-corrected chi connectivity index (χ1v) is 6.51. The van der Waals surface area contributed by atoms with Gasteiger partial charge in [-0.05, 0) is 35.7 Å². The van der Waals surface area contributed by atoms with Crippen LogP contribution in [-0.2, 0) is 0 Å². The lowest BCUT2D eigenvalue weighted by Gasteiger charge is -2.07. The molecule has 0 amide bonds. The number of benzene rings is 2. The topological polar surface area (TPSA) is 38.0 Å². The molecule has 98 valence electrons. The predicted octanol–water partition coefficient (Wildman–Crippen LogP) is 3.76. The quantitative estimate of drug-likeness (QED) is 0.850. The van der Waals surface area contributed by atoms with Crippen LogP contribution >= 0.6 is 0 Å². The zero-order valence-corrected chi connectivity index (χ0v) is 11.3. The second-order valence-electron chi connectivity index (χ2n) is 4.65. The summed E-state index contributed by atoms with van der Waals surface area (Å²) in [7, 11) is 0. The van der Waals surface area contributed by atoms with Gasteiger partial charge in [-0.3, -0.25) is 0 Å². The Morgan fingerprint density at radius 1 is 1.00 bits per heavy atom. The smallest absolute Gasteiger partial charge is 0.0341 e. The highest BCUT2D eigenvalue weighted by atomic mass is 14.9. The van der Waals surface area contributed by atoms with Gasteiger partial charge in [-0.1, -0.05) is 48.6 Å². The van der Waals surface area contributed by atoms with E-state index in [1.807, 2.05) is 6.92 Å². The van der Waals surface area contributed by atoms with Gasteiger partial charge in [0.1, 0.15) is 0 Å². The van der Waals surface area contributed by atoms with Crippen LogP contribution in [0.5, 0.6) is 0 Å². The Morgan fingerprint density at radius 3 is 2.00 bits per heavy atom. The summed E-state index contributed by atoms with van der Waals surface area (Å²) in [6, 6.07) is 16.9. The second kappa shape index (κ2) is 6.21. The molecule has 2 heteroatoms. The third kappa shape index (κ3) is 3.46. The van der Waals surface area contributed by atoms with Crippen LogP contribution in [0, 0.1) is 0 Å². The van der Waals surface area contributed by atoms with Gasteiger partial charge in [0.05, 0.1) is 0 Å². The van der Waals surface area contributed by atoms with Crippen molar-refractivity contribution in [3.8, 4) is 11.1 Å². The van der Waals surface area contributed by atoms with Gasteiger partial charge < -0.3 is 11.1 Å². The summed E-state index contributed by atoms with van der Waals surface area (Å²) < 4.78 is 0. The van der Waals surface area contributed by atoms with E-state index >= 15 is 0 Å². The van der Waals surface area contributed by atoms with Crippen LogP contribution in [0.3, 0.4) is 0 Å². The van der Waals surface area contributed by atoms with Crippen LogP contribution < -0.4 is 11.1 Å². The van der Waals surface area contributed by atoms with E-state index in [4.69, 9.17) is 5.73 Å². The first kappa shape index (κ1) is 13.4. The van der Waals surface area contributed by atoms with E-state index in [1.54, 1.807) is 0 Å². The summed E-state index contributed by atoms with van der Waals surface area (Å²) in [4.78, 5) is 0. The van der Waals surface area contributed by atoms with Crippen LogP contribution in [0.1, 0.15) is 12.5 Å². The largest absolute Gasteiger partial charge is 0.384 e. The fourth-order valence-electron chi connectivity index (χ4n) is 1.94. The van der Waals surface area contributed by atoms with Crippen LogP contribution in [0.4, 0.5) is 5.69 Å². The van der Waals surface area contributed by atoms with Crippen molar-refractivity contribution in [3.05, 3.63) is 60.7 Å². The van der Waals surface area contributed by atoms with E-state index in [-0.39, 0.29) is 0 Å². The Labute approximate surface area is 115 Å². The van der Waals surface area contributed by atoms with Crippen molar-refractivity contribution in [3.63, 3.8) is 0 Å². The average Bonchev–Trinajstić information content (AvgIpc) is 2.46. The summed E-state index contributed by atoms with van der Waals surface area (Å²) in [5, 5.41) is 3.26. The van der Waals surface area contributed by atoms with Crippen molar-refractivity contribution in [1.82, 2.24) is 0 Å². The van der Waals surface area contributed by atoms with Crippen molar-refractivity contribution < 1.29 is 0 Å². The molecule has 0 heterocycles. The maximum Gasteiger partial charge on any atom is 0.0341 e. The van der Waals surface area contributed by atoms with E-state index in [9.17, 15) is 0 Å². The minimum absolute atomic E-state index is 0.643. The molecule has 0 saturated carbocycles. The lowest BCUT2D eigenvalue weighted by Crippen LogP contribution is -2.12. The standard InChI is InChI=1S/C17H20N2/c1-13(2)14-3-5-15(6-4-14)16-7-9-17(10-8-16)19-12-11-18/h3-10,19H,1,11-12,18H2,2H3. The summed E-state index contributed by atoms with van der Waals surface area (Å²) in [6.07, 6.45) is 0. The molecule has 0 aliphatic rings. The predicted molar refractivity (Wildman–Crippen MR) is 84.1 cm³/mol. The van der Waals surface area contributed by atoms with Gasteiger partial charge in [0.2, 0.25) is 0 Å². The fraction of sp³-hybridized carbons (Fsp3) is 0.176. The lowest BCUT2D eigenvalue weighted by molar-refractivity contribution is 1.02. The van der Waals surface area contributed by atoms with Gasteiger partial charge in [-0.25, -0.2) is 0 Å². The molecule has 0 atom stereocenters. The van der Waals surface area contributed by atoms with Crippen molar-refractivity contribution >= 4 is 11.3 Å². The third-order valence-corrected chi connectivity index (χ3v) is 3.07. The van der Waals surface area contributed by atoms with Crippen molar-refractivity contribution in [2.24, 2.45) is 5.73 Å². The van der Waals surface area contributed by atoms with Crippen LogP contribution in [0.25, 0.3) is 16.7 Å². The van der Waals surface area contributed by atoms with Crippen LogP contribution in [-0.4, -0.2) is 13.1 Å². The van der Waals surface area contributed by atoms with Crippen LogP contribution in [0.15, 0.2) is 55.1 Å². The highest BCUT2D eigenvalue weighted by molar-refractivity contribution is 5.69. The summed E-state index contributed by atoms with van der Waals surface area (Å²) in [5.74, 6) is 0. The summed E-state index contributed by atoms with van der Waals surface area (Å²) in [5.41, 5.74) is 11.3. The fourth-order valence-corrected chi connectivity index (χ4v) is 1.94. The molecule has 3 N–H and O–H groups in total. The van der Waals surface area contributed by atoms with E-state index in [2.05, 4.69) is 60.4 Å². The molecule has 0 aromatic heterocycles. The molecule has 0 radical (unpaired) electrons. The Morgan fingerprint density at radius 2 is 1.53 bits per heavy atom. The average molecular weight is 252 g/mol. The van der Waals surface area contributed by atoms with Gasteiger partial charge >= 0.3 is 0 Å². The Hall–Kier alpha value is -2.06. The van der Waals surface area contributed by atoms with Crippen molar-refractivity contribution in [2.45, 2.75) is 6.92 Å². The molecule has 0 saturated heterocycles. The molecular weight excluding hydrogens is 232 g/mol. The van der Waals surface area contributed by atoms with E-state index in [0.717, 1.165) is 17.8 Å². The molecule has 0 fully saturated rings. The first-order valence-electron chi connectivity index (χ1n) is 6.51. The Kier molecular flexibility index (Phi) is 4.37. The maximum atomic E-state index is 5.47. The van der Waals surface area contributed by atoms with Crippen molar-refractivity contribution in [2.75, 3.05) is 18.4 Å². The molecule has 2 aromatic carbocycles. The number of hydrogen-bond acceptors (Lipinski definition) is 2. The minimum atomic E-state index is 0.643. The zero-order valence-electron chi connectivity index (χ0n) is 11.3. The third-order valence-electron chi connectivity index (χ3n) is 3.07. The number of allylic oxidation sites excluding steroid dienone is 1. The molecule has 19 heavy (non-hydrogen) atoms. The van der Waals surface area contributed by atoms with Crippen molar-refractivity contribution in [1.29, 1.82) is 0 Å². The Bertz CT molecular complexity index is 538.